The molecule has 1 aromatic rings. The maximum absolute atomic E-state index is 13.0. The molecule has 0 spiro atoms. The molecule has 1 unspecified atom stereocenters. The number of hydrogen-bond acceptors (Lipinski definition) is 3. The summed E-state index contributed by atoms with van der Waals surface area (Å²) in [5.41, 5.74) is 5.50. The lowest BCUT2D eigenvalue weighted by Crippen LogP contribution is -2.33. The fraction of sp³-hybridized carbons (Fsp3) is 0.500. The smallest absolute Gasteiger partial charge is 0.124 e. The van der Waals surface area contributed by atoms with Crippen molar-refractivity contribution in [2.75, 3.05) is 11.5 Å². The summed E-state index contributed by atoms with van der Waals surface area (Å²) < 4.78 is 13.0. The summed E-state index contributed by atoms with van der Waals surface area (Å²) in [6.07, 6.45) is 0. The topological polar surface area (TPSA) is 46.2 Å². The van der Waals surface area contributed by atoms with Gasteiger partial charge in [0.15, 0.2) is 0 Å². The minimum Gasteiger partial charge on any atom is -0.398 e. The van der Waals surface area contributed by atoms with Crippen LogP contribution in [0.25, 0.3) is 0 Å². The van der Waals surface area contributed by atoms with E-state index in [1.54, 1.807) is 13.0 Å². The number of hydrogen-bond donors (Lipinski definition) is 2. The number of nitrogen functional groups attached to an aromatic ring is 1. The van der Waals surface area contributed by atoms with Crippen LogP contribution in [-0.2, 0) is 0 Å². The molecule has 0 saturated carbocycles. The van der Waals surface area contributed by atoms with Crippen molar-refractivity contribution in [3.05, 3.63) is 24.0 Å². The summed E-state index contributed by atoms with van der Waals surface area (Å²) in [6, 6.07) is 4.28. The summed E-state index contributed by atoms with van der Waals surface area (Å²) in [5, 5.41) is 10.1. The van der Waals surface area contributed by atoms with E-state index in [-0.39, 0.29) is 11.7 Å². The Morgan fingerprint density at radius 1 is 1.50 bits per heavy atom. The number of aliphatic hydroxyl groups is 1. The molecule has 0 bridgehead atoms. The van der Waals surface area contributed by atoms with Crippen molar-refractivity contribution in [2.24, 2.45) is 5.92 Å². The predicted octanol–water partition coefficient (Wildman–Crippen LogP) is 2.91. The first kappa shape index (κ1) is 13.3. The van der Waals surface area contributed by atoms with Crippen LogP contribution in [0.5, 0.6) is 0 Å². The molecule has 1 atom stereocenters. The fourth-order valence-corrected chi connectivity index (χ4v) is 2.24. The zero-order chi connectivity index (χ0) is 12.3. The van der Waals surface area contributed by atoms with Gasteiger partial charge in [-0.3, -0.25) is 0 Å². The van der Waals surface area contributed by atoms with Crippen LogP contribution in [0.15, 0.2) is 23.1 Å². The Labute approximate surface area is 100 Å². The van der Waals surface area contributed by atoms with E-state index in [1.807, 2.05) is 13.8 Å². The summed E-state index contributed by atoms with van der Waals surface area (Å²) >= 11 is 1.38. The highest BCUT2D eigenvalue weighted by Gasteiger charge is 2.25. The SMILES string of the molecule is CC(C)C(C)(O)CSc1cc(F)ccc1N. The summed E-state index contributed by atoms with van der Waals surface area (Å²) in [5.74, 6) is 0.342. The molecule has 2 nitrogen and oxygen atoms in total. The van der Waals surface area contributed by atoms with Crippen LogP contribution < -0.4 is 5.73 Å². The molecule has 0 fully saturated rings. The van der Waals surface area contributed by atoms with Gasteiger partial charge in [-0.1, -0.05) is 13.8 Å². The van der Waals surface area contributed by atoms with Crippen molar-refractivity contribution < 1.29 is 9.50 Å². The van der Waals surface area contributed by atoms with E-state index >= 15 is 0 Å². The Kier molecular flexibility index (Phi) is 4.21. The second-order valence-electron chi connectivity index (χ2n) is 4.48. The molecule has 1 aromatic carbocycles. The van der Waals surface area contributed by atoms with Gasteiger partial charge in [0.2, 0.25) is 0 Å². The number of benzene rings is 1. The molecular formula is C12H18FNOS. The molecule has 0 aliphatic rings. The van der Waals surface area contributed by atoms with Crippen LogP contribution in [0.3, 0.4) is 0 Å². The highest BCUT2D eigenvalue weighted by Crippen LogP contribution is 2.30. The number of rotatable bonds is 4. The molecule has 0 heterocycles. The van der Waals surface area contributed by atoms with Crippen LogP contribution in [-0.4, -0.2) is 16.5 Å². The Bertz CT molecular complexity index is 366. The number of nitrogens with two attached hydrogens (primary N) is 1. The minimum atomic E-state index is -0.774. The first-order valence-corrected chi connectivity index (χ1v) is 6.21. The fourth-order valence-electron chi connectivity index (χ4n) is 1.02. The Hall–Kier alpha value is -0.740. The molecule has 90 valence electrons. The molecule has 0 aliphatic carbocycles. The molecule has 0 saturated heterocycles. The normalized spacial score (nSPS) is 15.1. The Morgan fingerprint density at radius 3 is 2.69 bits per heavy atom. The van der Waals surface area contributed by atoms with Crippen molar-refractivity contribution in [3.63, 3.8) is 0 Å². The van der Waals surface area contributed by atoms with Gasteiger partial charge in [-0.15, -0.1) is 11.8 Å². The first-order valence-electron chi connectivity index (χ1n) is 5.23. The van der Waals surface area contributed by atoms with E-state index < -0.39 is 5.60 Å². The Morgan fingerprint density at radius 2 is 2.12 bits per heavy atom. The number of halogens is 1. The van der Waals surface area contributed by atoms with E-state index in [9.17, 15) is 9.50 Å². The predicted molar refractivity (Wildman–Crippen MR) is 67.0 cm³/mol. The van der Waals surface area contributed by atoms with Gasteiger partial charge in [0.1, 0.15) is 5.82 Å². The van der Waals surface area contributed by atoms with Gasteiger partial charge in [-0.25, -0.2) is 4.39 Å². The van der Waals surface area contributed by atoms with Gasteiger partial charge in [0, 0.05) is 16.3 Å². The largest absolute Gasteiger partial charge is 0.398 e. The molecule has 3 N–H and O–H groups in total. The van der Waals surface area contributed by atoms with E-state index in [4.69, 9.17) is 5.73 Å². The molecule has 1 rings (SSSR count). The quantitative estimate of drug-likeness (QED) is 0.631. The third-order valence-electron chi connectivity index (χ3n) is 2.74. The molecule has 4 heteroatoms. The maximum Gasteiger partial charge on any atom is 0.124 e. The number of anilines is 1. The molecule has 0 radical (unpaired) electrons. The lowest BCUT2D eigenvalue weighted by Gasteiger charge is -2.27. The third-order valence-corrected chi connectivity index (χ3v) is 4.13. The second-order valence-corrected chi connectivity index (χ2v) is 5.50. The highest BCUT2D eigenvalue weighted by molar-refractivity contribution is 7.99. The zero-order valence-electron chi connectivity index (χ0n) is 9.83. The maximum atomic E-state index is 13.0. The zero-order valence-corrected chi connectivity index (χ0v) is 10.6. The number of thioether (sulfide) groups is 1. The highest BCUT2D eigenvalue weighted by atomic mass is 32.2. The van der Waals surface area contributed by atoms with Crippen LogP contribution in [0.1, 0.15) is 20.8 Å². The molecule has 0 aromatic heterocycles. The van der Waals surface area contributed by atoms with Crippen molar-refractivity contribution in [1.29, 1.82) is 0 Å². The summed E-state index contributed by atoms with van der Waals surface area (Å²) in [4.78, 5) is 0.681. The monoisotopic (exact) mass is 243 g/mol. The van der Waals surface area contributed by atoms with Gasteiger partial charge in [0.05, 0.1) is 5.60 Å². The average Bonchev–Trinajstić information content (AvgIpc) is 2.19. The lowest BCUT2D eigenvalue weighted by molar-refractivity contribution is 0.0376. The van der Waals surface area contributed by atoms with Crippen LogP contribution in [0.2, 0.25) is 0 Å². The van der Waals surface area contributed by atoms with E-state index in [0.717, 1.165) is 0 Å². The van der Waals surface area contributed by atoms with Crippen LogP contribution in [0.4, 0.5) is 10.1 Å². The van der Waals surface area contributed by atoms with E-state index in [0.29, 0.717) is 16.3 Å². The third kappa shape index (κ3) is 3.39. The van der Waals surface area contributed by atoms with Crippen molar-refractivity contribution >= 4 is 17.4 Å². The lowest BCUT2D eigenvalue weighted by atomic mass is 9.95. The van der Waals surface area contributed by atoms with Crippen LogP contribution >= 0.6 is 11.8 Å². The standard InChI is InChI=1S/C12H18FNOS/c1-8(2)12(3,15)7-16-11-6-9(13)4-5-10(11)14/h4-6,8,15H,7,14H2,1-3H3. The Balaban J connectivity index is 2.71. The van der Waals surface area contributed by atoms with Gasteiger partial charge >= 0.3 is 0 Å². The average molecular weight is 243 g/mol. The van der Waals surface area contributed by atoms with E-state index in [1.165, 1.54) is 23.9 Å². The second kappa shape index (κ2) is 5.06. The minimum absolute atomic E-state index is 0.148. The molecule has 0 aliphatic heterocycles. The van der Waals surface area contributed by atoms with Gasteiger partial charge in [0.25, 0.3) is 0 Å². The first-order chi connectivity index (χ1) is 7.33. The summed E-state index contributed by atoms with van der Waals surface area (Å²) in [6.45, 7) is 5.69. The van der Waals surface area contributed by atoms with Gasteiger partial charge in [-0.05, 0) is 31.0 Å². The van der Waals surface area contributed by atoms with E-state index in [2.05, 4.69) is 0 Å². The summed E-state index contributed by atoms with van der Waals surface area (Å²) in [7, 11) is 0. The van der Waals surface area contributed by atoms with Crippen molar-refractivity contribution in [2.45, 2.75) is 31.3 Å². The van der Waals surface area contributed by atoms with Crippen molar-refractivity contribution in [3.8, 4) is 0 Å². The molecule has 16 heavy (non-hydrogen) atoms. The van der Waals surface area contributed by atoms with Gasteiger partial charge in [-0.2, -0.15) is 0 Å². The van der Waals surface area contributed by atoms with Crippen molar-refractivity contribution in [1.82, 2.24) is 0 Å². The van der Waals surface area contributed by atoms with Gasteiger partial charge < -0.3 is 10.8 Å². The van der Waals surface area contributed by atoms with Crippen LogP contribution in [0, 0.1) is 11.7 Å². The molecule has 0 amide bonds. The molecular weight excluding hydrogens is 225 g/mol.